The van der Waals surface area contributed by atoms with Crippen molar-refractivity contribution in [3.8, 4) is 5.75 Å². The fourth-order valence-electron chi connectivity index (χ4n) is 1.86. The number of ketones is 1. The Kier molecular flexibility index (Phi) is 5.33. The fourth-order valence-corrected chi connectivity index (χ4v) is 2.26. The molecule has 114 valence electrons. The highest BCUT2D eigenvalue weighted by Crippen LogP contribution is 2.18. The van der Waals surface area contributed by atoms with Crippen LogP contribution in [0.15, 0.2) is 53.0 Å². The van der Waals surface area contributed by atoms with Gasteiger partial charge in [-0.2, -0.15) is 0 Å². The number of Topliss-reactive ketones (excluding diaryl/α,β-unsaturated/α-hetero) is 1. The van der Waals surface area contributed by atoms with Crippen molar-refractivity contribution in [1.82, 2.24) is 0 Å². The molecule has 0 bridgehead atoms. The van der Waals surface area contributed by atoms with Gasteiger partial charge >= 0.3 is 0 Å². The summed E-state index contributed by atoms with van der Waals surface area (Å²) in [5.74, 6) is 0.188. The van der Waals surface area contributed by atoms with Gasteiger partial charge in [-0.15, -0.1) is 0 Å². The van der Waals surface area contributed by atoms with Gasteiger partial charge in [-0.1, -0.05) is 34.1 Å². The van der Waals surface area contributed by atoms with Gasteiger partial charge in [-0.25, -0.2) is 0 Å². The molecule has 4 nitrogen and oxygen atoms in total. The Hall–Kier alpha value is -2.14. The van der Waals surface area contributed by atoms with Crippen LogP contribution in [0.2, 0.25) is 0 Å². The molecule has 0 aliphatic rings. The summed E-state index contributed by atoms with van der Waals surface area (Å²) in [6.45, 7) is 3.15. The minimum atomic E-state index is -0.679. The van der Waals surface area contributed by atoms with Gasteiger partial charge in [-0.3, -0.25) is 9.59 Å². The number of halogens is 1. The van der Waals surface area contributed by atoms with Gasteiger partial charge in [0.15, 0.2) is 11.9 Å². The van der Waals surface area contributed by atoms with Crippen LogP contribution in [-0.4, -0.2) is 17.8 Å². The molecule has 0 spiro atoms. The van der Waals surface area contributed by atoms with Crippen LogP contribution >= 0.6 is 15.9 Å². The highest BCUT2D eigenvalue weighted by Gasteiger charge is 2.15. The van der Waals surface area contributed by atoms with Crippen molar-refractivity contribution < 1.29 is 14.3 Å². The molecule has 0 aliphatic heterocycles. The predicted molar refractivity (Wildman–Crippen MR) is 89.3 cm³/mol. The topological polar surface area (TPSA) is 55.4 Å². The van der Waals surface area contributed by atoms with E-state index < -0.39 is 6.10 Å². The van der Waals surface area contributed by atoms with Crippen molar-refractivity contribution in [1.29, 1.82) is 0 Å². The molecule has 1 amide bonds. The van der Waals surface area contributed by atoms with Crippen LogP contribution in [0.3, 0.4) is 0 Å². The molecule has 2 aromatic rings. The summed E-state index contributed by atoms with van der Waals surface area (Å²) >= 11 is 3.35. The minimum absolute atomic E-state index is 0.0447. The lowest BCUT2D eigenvalue weighted by atomic mass is 10.1. The second-order valence-corrected chi connectivity index (χ2v) is 5.76. The van der Waals surface area contributed by atoms with E-state index in [2.05, 4.69) is 21.2 Å². The van der Waals surface area contributed by atoms with Crippen molar-refractivity contribution >= 4 is 33.3 Å². The molecular formula is C17H16BrNO3. The summed E-state index contributed by atoms with van der Waals surface area (Å²) in [6.07, 6.45) is -0.679. The number of nitrogens with one attached hydrogen (secondary N) is 1. The first kappa shape index (κ1) is 16.2. The molecule has 0 aliphatic carbocycles. The van der Waals surface area contributed by atoms with E-state index in [-0.39, 0.29) is 11.7 Å². The maximum atomic E-state index is 12.1. The standard InChI is InChI=1S/C17H16BrNO3/c1-11(20)13-5-3-8-16(9-13)22-12(2)17(21)19-15-7-4-6-14(18)10-15/h3-10,12H,1-2H3,(H,19,21). The molecule has 5 heteroatoms. The van der Waals surface area contributed by atoms with Crippen LogP contribution in [0, 0.1) is 0 Å². The number of rotatable bonds is 5. The minimum Gasteiger partial charge on any atom is -0.481 e. The largest absolute Gasteiger partial charge is 0.481 e. The zero-order chi connectivity index (χ0) is 16.1. The number of amides is 1. The van der Waals surface area contributed by atoms with Crippen LogP contribution < -0.4 is 10.1 Å². The van der Waals surface area contributed by atoms with E-state index in [1.54, 1.807) is 43.3 Å². The number of anilines is 1. The highest BCUT2D eigenvalue weighted by molar-refractivity contribution is 9.10. The molecule has 0 radical (unpaired) electrons. The summed E-state index contributed by atoms with van der Waals surface area (Å²) in [6, 6.07) is 14.1. The third-order valence-electron chi connectivity index (χ3n) is 3.01. The van der Waals surface area contributed by atoms with E-state index in [0.717, 1.165) is 4.47 Å². The lowest BCUT2D eigenvalue weighted by Crippen LogP contribution is -2.30. The van der Waals surface area contributed by atoms with Crippen molar-refractivity contribution in [2.24, 2.45) is 0 Å². The number of benzene rings is 2. The second-order valence-electron chi connectivity index (χ2n) is 4.84. The first-order valence-corrected chi connectivity index (χ1v) is 7.59. The Bertz CT molecular complexity index is 700. The van der Waals surface area contributed by atoms with Gasteiger partial charge in [0.2, 0.25) is 0 Å². The van der Waals surface area contributed by atoms with Crippen LogP contribution in [-0.2, 0) is 4.79 Å². The molecule has 0 fully saturated rings. The van der Waals surface area contributed by atoms with Crippen LogP contribution in [0.1, 0.15) is 24.2 Å². The maximum Gasteiger partial charge on any atom is 0.265 e. The molecule has 1 unspecified atom stereocenters. The summed E-state index contributed by atoms with van der Waals surface area (Å²) < 4.78 is 6.48. The average Bonchev–Trinajstić information content (AvgIpc) is 2.47. The molecule has 1 atom stereocenters. The van der Waals surface area contributed by atoms with Gasteiger partial charge in [0.25, 0.3) is 5.91 Å². The summed E-state index contributed by atoms with van der Waals surface area (Å²) in [5.41, 5.74) is 1.24. The Morgan fingerprint density at radius 2 is 1.86 bits per heavy atom. The zero-order valence-corrected chi connectivity index (χ0v) is 13.9. The maximum absolute atomic E-state index is 12.1. The van der Waals surface area contributed by atoms with Gasteiger partial charge in [0, 0.05) is 15.7 Å². The fraction of sp³-hybridized carbons (Fsp3) is 0.176. The zero-order valence-electron chi connectivity index (χ0n) is 12.3. The van der Waals surface area contributed by atoms with Crippen molar-refractivity contribution in [2.45, 2.75) is 20.0 Å². The quantitative estimate of drug-likeness (QED) is 0.817. The molecule has 0 saturated carbocycles. The number of hydrogen-bond donors (Lipinski definition) is 1. The van der Waals surface area contributed by atoms with Crippen LogP contribution in [0.4, 0.5) is 5.69 Å². The lowest BCUT2D eigenvalue weighted by Gasteiger charge is -2.15. The van der Waals surface area contributed by atoms with E-state index in [9.17, 15) is 9.59 Å². The molecule has 0 heterocycles. The number of hydrogen-bond acceptors (Lipinski definition) is 3. The molecule has 1 N–H and O–H groups in total. The lowest BCUT2D eigenvalue weighted by molar-refractivity contribution is -0.122. The first-order chi connectivity index (χ1) is 10.5. The van der Waals surface area contributed by atoms with Gasteiger partial charge in [0.1, 0.15) is 5.75 Å². The molecule has 2 rings (SSSR count). The van der Waals surface area contributed by atoms with Gasteiger partial charge in [0.05, 0.1) is 0 Å². The van der Waals surface area contributed by atoms with Crippen molar-refractivity contribution in [2.75, 3.05) is 5.32 Å². The smallest absolute Gasteiger partial charge is 0.265 e. The number of carbonyl (C=O) groups excluding carboxylic acids is 2. The average molecular weight is 362 g/mol. The summed E-state index contributed by atoms with van der Waals surface area (Å²) in [4.78, 5) is 23.5. The van der Waals surface area contributed by atoms with Crippen LogP contribution in [0.25, 0.3) is 0 Å². The first-order valence-electron chi connectivity index (χ1n) is 6.80. The van der Waals surface area contributed by atoms with Crippen molar-refractivity contribution in [3.05, 3.63) is 58.6 Å². The highest BCUT2D eigenvalue weighted by atomic mass is 79.9. The third-order valence-corrected chi connectivity index (χ3v) is 3.51. The molecule has 22 heavy (non-hydrogen) atoms. The van der Waals surface area contributed by atoms with E-state index in [1.807, 2.05) is 12.1 Å². The monoisotopic (exact) mass is 361 g/mol. The Morgan fingerprint density at radius 1 is 1.14 bits per heavy atom. The number of carbonyl (C=O) groups is 2. The van der Waals surface area contributed by atoms with Crippen molar-refractivity contribution in [3.63, 3.8) is 0 Å². The summed E-state index contributed by atoms with van der Waals surface area (Å²) in [7, 11) is 0. The number of ether oxygens (including phenoxy) is 1. The molecule has 0 saturated heterocycles. The van der Waals surface area contributed by atoms with Crippen LogP contribution in [0.5, 0.6) is 5.75 Å². The van der Waals surface area contributed by atoms with Gasteiger partial charge < -0.3 is 10.1 Å². The predicted octanol–water partition coefficient (Wildman–Crippen LogP) is 4.06. The Labute approximate surface area is 137 Å². The molecule has 0 aromatic heterocycles. The Balaban J connectivity index is 2.02. The van der Waals surface area contributed by atoms with E-state index >= 15 is 0 Å². The van der Waals surface area contributed by atoms with E-state index in [4.69, 9.17) is 4.74 Å². The summed E-state index contributed by atoms with van der Waals surface area (Å²) in [5, 5.41) is 2.78. The normalized spacial score (nSPS) is 11.6. The third kappa shape index (κ3) is 4.43. The second kappa shape index (κ2) is 7.22. The molecular weight excluding hydrogens is 346 g/mol. The SMILES string of the molecule is CC(=O)c1cccc(OC(C)C(=O)Nc2cccc(Br)c2)c1. The molecule has 2 aromatic carbocycles. The van der Waals surface area contributed by atoms with E-state index in [1.165, 1.54) is 6.92 Å². The van der Waals surface area contributed by atoms with E-state index in [0.29, 0.717) is 17.0 Å². The Morgan fingerprint density at radius 3 is 2.55 bits per heavy atom. The van der Waals surface area contributed by atoms with Gasteiger partial charge in [-0.05, 0) is 44.2 Å².